The molecule has 134 valence electrons. The molecule has 0 bridgehead atoms. The van der Waals surface area contributed by atoms with Crippen molar-refractivity contribution in [2.24, 2.45) is 5.92 Å². The first kappa shape index (κ1) is 18.8. The van der Waals surface area contributed by atoms with Gasteiger partial charge in [0.05, 0.1) is 17.6 Å². The molecule has 0 unspecified atom stereocenters. The Kier molecular flexibility index (Phi) is 6.81. The highest BCUT2D eigenvalue weighted by atomic mass is 16.2. The summed E-state index contributed by atoms with van der Waals surface area (Å²) >= 11 is 0. The molecule has 2 rings (SSSR count). The largest absolute Gasteiger partial charge is 0.356 e. The van der Waals surface area contributed by atoms with E-state index >= 15 is 0 Å². The van der Waals surface area contributed by atoms with Crippen molar-refractivity contribution < 1.29 is 9.59 Å². The van der Waals surface area contributed by atoms with E-state index in [0.29, 0.717) is 24.3 Å². The van der Waals surface area contributed by atoms with Gasteiger partial charge in [-0.25, -0.2) is 4.79 Å². The van der Waals surface area contributed by atoms with E-state index in [1.165, 1.54) is 0 Å². The number of piperidine rings is 1. The van der Waals surface area contributed by atoms with Crippen LogP contribution < -0.4 is 10.6 Å². The Balaban J connectivity index is 1.94. The zero-order chi connectivity index (χ0) is 18.2. The van der Waals surface area contributed by atoms with Crippen molar-refractivity contribution in [3.63, 3.8) is 0 Å². The van der Waals surface area contributed by atoms with Crippen LogP contribution in [0.3, 0.4) is 0 Å². The lowest BCUT2D eigenvalue weighted by molar-refractivity contribution is -0.126. The monoisotopic (exact) mass is 342 g/mol. The summed E-state index contributed by atoms with van der Waals surface area (Å²) in [4.78, 5) is 26.6. The van der Waals surface area contributed by atoms with E-state index in [-0.39, 0.29) is 23.9 Å². The Morgan fingerprint density at radius 1 is 1.28 bits per heavy atom. The summed E-state index contributed by atoms with van der Waals surface area (Å²) in [5, 5.41) is 14.6. The van der Waals surface area contributed by atoms with Crippen LogP contribution in [0.2, 0.25) is 0 Å². The average molecular weight is 342 g/mol. The summed E-state index contributed by atoms with van der Waals surface area (Å²) < 4.78 is 0. The van der Waals surface area contributed by atoms with Crippen molar-refractivity contribution >= 4 is 17.6 Å². The van der Waals surface area contributed by atoms with Gasteiger partial charge in [0.2, 0.25) is 5.91 Å². The number of nitrogens with zero attached hydrogens (tertiary/aromatic N) is 2. The van der Waals surface area contributed by atoms with Crippen LogP contribution in [0.15, 0.2) is 24.3 Å². The van der Waals surface area contributed by atoms with Gasteiger partial charge in [0.1, 0.15) is 0 Å². The second-order valence-corrected chi connectivity index (χ2v) is 6.54. The van der Waals surface area contributed by atoms with Gasteiger partial charge in [-0.2, -0.15) is 5.26 Å². The molecule has 0 spiro atoms. The van der Waals surface area contributed by atoms with Crippen LogP contribution in [0.25, 0.3) is 0 Å². The van der Waals surface area contributed by atoms with Crippen molar-refractivity contribution in [1.29, 1.82) is 5.26 Å². The van der Waals surface area contributed by atoms with Gasteiger partial charge in [-0.15, -0.1) is 0 Å². The first-order chi connectivity index (χ1) is 12.0. The lowest BCUT2D eigenvalue weighted by atomic mass is 9.93. The van der Waals surface area contributed by atoms with E-state index in [0.717, 1.165) is 25.7 Å². The van der Waals surface area contributed by atoms with E-state index in [1.54, 1.807) is 29.2 Å². The van der Waals surface area contributed by atoms with Gasteiger partial charge in [0.25, 0.3) is 0 Å². The van der Waals surface area contributed by atoms with Crippen LogP contribution >= 0.6 is 0 Å². The lowest BCUT2D eigenvalue weighted by Gasteiger charge is -2.37. The molecule has 0 saturated carbocycles. The molecule has 1 saturated heterocycles. The summed E-state index contributed by atoms with van der Waals surface area (Å²) in [7, 11) is 0. The predicted molar refractivity (Wildman–Crippen MR) is 97.0 cm³/mol. The number of unbranched alkanes of at least 4 members (excludes halogenated alkanes) is 1. The highest BCUT2D eigenvalue weighted by Crippen LogP contribution is 2.23. The van der Waals surface area contributed by atoms with E-state index in [1.807, 2.05) is 13.0 Å². The third-order valence-corrected chi connectivity index (χ3v) is 4.61. The smallest absolute Gasteiger partial charge is 0.322 e. The van der Waals surface area contributed by atoms with Crippen LogP contribution in [0.1, 0.15) is 45.1 Å². The summed E-state index contributed by atoms with van der Waals surface area (Å²) in [5.41, 5.74) is 1.19. The van der Waals surface area contributed by atoms with Crippen LogP contribution in [0.4, 0.5) is 10.5 Å². The zero-order valence-electron chi connectivity index (χ0n) is 14.9. The van der Waals surface area contributed by atoms with Gasteiger partial charge in [-0.05, 0) is 50.5 Å². The van der Waals surface area contributed by atoms with Crippen LogP contribution in [0.5, 0.6) is 0 Å². The molecular weight excluding hydrogens is 316 g/mol. The molecule has 1 fully saturated rings. The summed E-state index contributed by atoms with van der Waals surface area (Å²) in [5.74, 6) is -0.115. The van der Waals surface area contributed by atoms with Gasteiger partial charge >= 0.3 is 6.03 Å². The molecule has 6 heteroatoms. The minimum absolute atomic E-state index is 0.0384. The van der Waals surface area contributed by atoms with Crippen LogP contribution in [-0.2, 0) is 4.79 Å². The van der Waals surface area contributed by atoms with Gasteiger partial charge < -0.3 is 15.5 Å². The number of hydrogen-bond donors (Lipinski definition) is 2. The standard InChI is InChI=1S/C19H26N4O2/c1-3-4-11-21-18(24)16-8-5-14(2)23(13-16)19(25)22-17-9-6-15(12-20)7-10-17/h6-7,9-10,14,16H,3-5,8,11,13H2,1-2H3,(H,21,24)(H,22,25)/t14-,16-/m0/s1. The van der Waals surface area contributed by atoms with Crippen molar-refractivity contribution in [1.82, 2.24) is 10.2 Å². The lowest BCUT2D eigenvalue weighted by Crippen LogP contribution is -2.50. The molecule has 1 aliphatic rings. The molecule has 0 aromatic heterocycles. The fourth-order valence-electron chi connectivity index (χ4n) is 2.96. The fraction of sp³-hybridized carbons (Fsp3) is 0.526. The van der Waals surface area contributed by atoms with Crippen molar-refractivity contribution in [3.05, 3.63) is 29.8 Å². The number of carbonyl (C=O) groups excluding carboxylic acids is 2. The minimum Gasteiger partial charge on any atom is -0.356 e. The number of nitrogens with one attached hydrogen (secondary N) is 2. The first-order valence-electron chi connectivity index (χ1n) is 8.90. The molecule has 25 heavy (non-hydrogen) atoms. The number of rotatable bonds is 5. The number of benzene rings is 1. The van der Waals surface area contributed by atoms with Crippen LogP contribution in [0, 0.1) is 17.2 Å². The summed E-state index contributed by atoms with van der Waals surface area (Å²) in [6.45, 7) is 5.22. The normalized spacial score (nSPS) is 19.8. The maximum absolute atomic E-state index is 12.6. The van der Waals surface area contributed by atoms with Crippen molar-refractivity contribution in [2.45, 2.75) is 45.6 Å². The molecule has 2 N–H and O–H groups in total. The summed E-state index contributed by atoms with van der Waals surface area (Å²) in [6, 6.07) is 8.69. The second kappa shape index (κ2) is 9.07. The van der Waals surface area contributed by atoms with E-state index in [4.69, 9.17) is 5.26 Å². The number of nitriles is 1. The third kappa shape index (κ3) is 5.21. The minimum atomic E-state index is -0.205. The van der Waals surface area contributed by atoms with Crippen LogP contribution in [-0.4, -0.2) is 36.0 Å². The fourth-order valence-corrected chi connectivity index (χ4v) is 2.96. The molecule has 1 aromatic carbocycles. The van der Waals surface area contributed by atoms with Gasteiger partial charge in [-0.1, -0.05) is 13.3 Å². The molecule has 1 aliphatic heterocycles. The van der Waals surface area contributed by atoms with E-state index in [2.05, 4.69) is 17.6 Å². The number of hydrogen-bond acceptors (Lipinski definition) is 3. The predicted octanol–water partition coefficient (Wildman–Crippen LogP) is 3.11. The topological polar surface area (TPSA) is 85.2 Å². The molecule has 2 atom stereocenters. The molecule has 1 heterocycles. The quantitative estimate of drug-likeness (QED) is 0.806. The Bertz CT molecular complexity index is 636. The molecule has 6 nitrogen and oxygen atoms in total. The summed E-state index contributed by atoms with van der Waals surface area (Å²) in [6.07, 6.45) is 3.63. The van der Waals surface area contributed by atoms with Crippen molar-refractivity contribution in [2.75, 3.05) is 18.4 Å². The molecule has 0 aliphatic carbocycles. The Morgan fingerprint density at radius 2 is 2.00 bits per heavy atom. The third-order valence-electron chi connectivity index (χ3n) is 4.61. The number of urea groups is 1. The molecule has 0 radical (unpaired) electrons. The molecule has 1 aromatic rings. The second-order valence-electron chi connectivity index (χ2n) is 6.54. The van der Waals surface area contributed by atoms with E-state index < -0.39 is 0 Å². The zero-order valence-corrected chi connectivity index (χ0v) is 14.9. The Morgan fingerprint density at radius 3 is 2.64 bits per heavy atom. The number of amides is 3. The van der Waals surface area contributed by atoms with Gasteiger partial charge in [0.15, 0.2) is 0 Å². The highest BCUT2D eigenvalue weighted by Gasteiger charge is 2.32. The highest BCUT2D eigenvalue weighted by molar-refractivity contribution is 5.90. The number of anilines is 1. The van der Waals surface area contributed by atoms with E-state index in [9.17, 15) is 9.59 Å². The molecule has 3 amide bonds. The molecular formula is C19H26N4O2. The first-order valence-corrected chi connectivity index (χ1v) is 8.90. The number of carbonyl (C=O) groups is 2. The Hall–Kier alpha value is -2.55. The van der Waals surface area contributed by atoms with Crippen molar-refractivity contribution in [3.8, 4) is 6.07 Å². The number of likely N-dealkylation sites (tertiary alicyclic amines) is 1. The maximum atomic E-state index is 12.6. The SMILES string of the molecule is CCCCNC(=O)[C@H]1CC[C@H](C)N(C(=O)Nc2ccc(C#N)cc2)C1. The van der Waals surface area contributed by atoms with Gasteiger partial charge in [0, 0.05) is 24.8 Å². The Labute approximate surface area is 149 Å². The maximum Gasteiger partial charge on any atom is 0.322 e. The van der Waals surface area contributed by atoms with Gasteiger partial charge in [-0.3, -0.25) is 4.79 Å². The average Bonchev–Trinajstić information content (AvgIpc) is 2.62.